The van der Waals surface area contributed by atoms with Gasteiger partial charge in [-0.25, -0.2) is 8.42 Å². The summed E-state index contributed by atoms with van der Waals surface area (Å²) in [6, 6.07) is 5.92. The molecule has 8 heteroatoms. The van der Waals surface area contributed by atoms with E-state index >= 15 is 0 Å². The second-order valence-electron chi connectivity index (χ2n) is 4.65. The van der Waals surface area contributed by atoms with Crippen molar-refractivity contribution in [2.75, 3.05) is 26.3 Å². The molecule has 2 rings (SSSR count). The van der Waals surface area contributed by atoms with Crippen LogP contribution in [0, 0.1) is 0 Å². The molecule has 2 N–H and O–H groups in total. The van der Waals surface area contributed by atoms with Gasteiger partial charge >= 0.3 is 0 Å². The predicted octanol–water partition coefficient (Wildman–Crippen LogP) is -0.0399. The van der Waals surface area contributed by atoms with Crippen LogP contribution < -0.4 is 10.5 Å². The van der Waals surface area contributed by atoms with Gasteiger partial charge in [0.25, 0.3) is 5.91 Å². The molecule has 116 valence electrons. The van der Waals surface area contributed by atoms with Crippen LogP contribution in [0.1, 0.15) is 6.92 Å². The van der Waals surface area contributed by atoms with E-state index in [9.17, 15) is 13.2 Å². The molecule has 1 saturated heterocycles. The van der Waals surface area contributed by atoms with Crippen molar-refractivity contribution in [3.05, 3.63) is 24.3 Å². The van der Waals surface area contributed by atoms with E-state index in [1.165, 1.54) is 35.5 Å². The summed E-state index contributed by atoms with van der Waals surface area (Å²) in [4.78, 5) is 11.1. The Labute approximate surface area is 123 Å². The fourth-order valence-corrected chi connectivity index (χ4v) is 3.30. The molecule has 1 aromatic carbocycles. The number of amides is 1. The van der Waals surface area contributed by atoms with E-state index in [4.69, 9.17) is 15.2 Å². The average Bonchev–Trinajstić information content (AvgIpc) is 2.48. The van der Waals surface area contributed by atoms with E-state index in [-0.39, 0.29) is 4.90 Å². The number of carbonyl (C=O) groups excluding carboxylic acids is 1. The van der Waals surface area contributed by atoms with Gasteiger partial charge in [0.1, 0.15) is 5.75 Å². The number of nitrogens with two attached hydrogens (primary N) is 1. The van der Waals surface area contributed by atoms with Gasteiger partial charge in [-0.1, -0.05) is 0 Å². The summed E-state index contributed by atoms with van der Waals surface area (Å²) in [6.07, 6.45) is -0.772. The molecule has 0 saturated carbocycles. The smallest absolute Gasteiger partial charge is 0.258 e. The second kappa shape index (κ2) is 6.42. The second-order valence-corrected chi connectivity index (χ2v) is 6.59. The number of hydrogen-bond donors (Lipinski definition) is 1. The summed E-state index contributed by atoms with van der Waals surface area (Å²) in [5.74, 6) is -0.192. The number of hydrogen-bond acceptors (Lipinski definition) is 5. The Kier molecular flexibility index (Phi) is 4.81. The van der Waals surface area contributed by atoms with Crippen LogP contribution in [0.5, 0.6) is 5.75 Å². The fourth-order valence-electron chi connectivity index (χ4n) is 1.89. The SMILES string of the molecule is C[C@@H](Oc1ccc(S(=O)(=O)N2CCOCC2)cc1)C(N)=O. The first-order chi connectivity index (χ1) is 9.91. The Balaban J connectivity index is 2.12. The summed E-state index contributed by atoms with van der Waals surface area (Å²) in [5.41, 5.74) is 5.10. The minimum absolute atomic E-state index is 0.184. The first-order valence-corrected chi connectivity index (χ1v) is 7.99. The Bertz CT molecular complexity index is 593. The van der Waals surface area contributed by atoms with Crippen molar-refractivity contribution in [3.8, 4) is 5.75 Å². The summed E-state index contributed by atoms with van der Waals surface area (Å²) < 4.78 is 36.6. The van der Waals surface area contributed by atoms with Crippen LogP contribution >= 0.6 is 0 Å². The van der Waals surface area contributed by atoms with Crippen LogP contribution in [0.15, 0.2) is 29.2 Å². The maximum absolute atomic E-state index is 12.4. The molecule has 1 atom stereocenters. The van der Waals surface area contributed by atoms with Crippen molar-refractivity contribution < 1.29 is 22.7 Å². The topological polar surface area (TPSA) is 98.9 Å². The van der Waals surface area contributed by atoms with Gasteiger partial charge in [-0.3, -0.25) is 4.79 Å². The van der Waals surface area contributed by atoms with Crippen LogP contribution in [-0.4, -0.2) is 51.0 Å². The van der Waals surface area contributed by atoms with E-state index in [0.717, 1.165) is 0 Å². The van der Waals surface area contributed by atoms with E-state index in [1.54, 1.807) is 0 Å². The first-order valence-electron chi connectivity index (χ1n) is 6.55. The van der Waals surface area contributed by atoms with E-state index in [1.807, 2.05) is 0 Å². The van der Waals surface area contributed by atoms with Crippen LogP contribution in [-0.2, 0) is 19.6 Å². The Morgan fingerprint density at radius 2 is 1.86 bits per heavy atom. The largest absolute Gasteiger partial charge is 0.481 e. The minimum Gasteiger partial charge on any atom is -0.481 e. The van der Waals surface area contributed by atoms with Gasteiger partial charge in [-0.05, 0) is 31.2 Å². The van der Waals surface area contributed by atoms with Crippen LogP contribution in [0.3, 0.4) is 0 Å². The number of primary amides is 1. The molecular weight excluding hydrogens is 296 g/mol. The quantitative estimate of drug-likeness (QED) is 0.822. The van der Waals surface area contributed by atoms with Crippen LogP contribution in [0.4, 0.5) is 0 Å². The van der Waals surface area contributed by atoms with E-state index in [0.29, 0.717) is 32.1 Å². The highest BCUT2D eigenvalue weighted by Gasteiger charge is 2.26. The van der Waals surface area contributed by atoms with Crippen molar-refractivity contribution in [1.29, 1.82) is 0 Å². The molecule has 1 aliphatic heterocycles. The van der Waals surface area contributed by atoms with Gasteiger partial charge in [-0.15, -0.1) is 0 Å². The summed E-state index contributed by atoms with van der Waals surface area (Å²) >= 11 is 0. The van der Waals surface area contributed by atoms with Crippen LogP contribution in [0.2, 0.25) is 0 Å². The zero-order valence-electron chi connectivity index (χ0n) is 11.7. The van der Waals surface area contributed by atoms with Crippen LogP contribution in [0.25, 0.3) is 0 Å². The number of morpholine rings is 1. The molecule has 1 amide bonds. The maximum Gasteiger partial charge on any atom is 0.258 e. The molecular formula is C13H18N2O5S. The highest BCUT2D eigenvalue weighted by atomic mass is 32.2. The van der Waals surface area contributed by atoms with Crippen molar-refractivity contribution in [3.63, 3.8) is 0 Å². The van der Waals surface area contributed by atoms with Crippen molar-refractivity contribution >= 4 is 15.9 Å². The normalized spacial score (nSPS) is 18.1. The lowest BCUT2D eigenvalue weighted by molar-refractivity contribution is -0.123. The third-order valence-corrected chi connectivity index (χ3v) is 5.06. The van der Waals surface area contributed by atoms with E-state index in [2.05, 4.69) is 0 Å². The zero-order valence-corrected chi connectivity index (χ0v) is 12.5. The van der Waals surface area contributed by atoms with Crippen molar-refractivity contribution in [1.82, 2.24) is 4.31 Å². The maximum atomic E-state index is 12.4. The predicted molar refractivity (Wildman–Crippen MR) is 75.3 cm³/mol. The Hall–Kier alpha value is -1.64. The molecule has 0 aromatic heterocycles. The standard InChI is InChI=1S/C13H18N2O5S/c1-10(13(14)16)20-11-2-4-12(5-3-11)21(17,18)15-6-8-19-9-7-15/h2-5,10H,6-9H2,1H3,(H2,14,16)/t10-/m1/s1. The van der Waals surface area contributed by atoms with Gasteiger partial charge in [0, 0.05) is 13.1 Å². The minimum atomic E-state index is -3.52. The highest BCUT2D eigenvalue weighted by Crippen LogP contribution is 2.21. The molecule has 0 aliphatic carbocycles. The first kappa shape index (κ1) is 15.7. The lowest BCUT2D eigenvalue weighted by Crippen LogP contribution is -2.40. The number of benzene rings is 1. The molecule has 0 spiro atoms. The third-order valence-electron chi connectivity index (χ3n) is 3.15. The number of rotatable bonds is 5. The number of ether oxygens (including phenoxy) is 2. The van der Waals surface area contributed by atoms with Crippen molar-refractivity contribution in [2.24, 2.45) is 5.73 Å². The number of carbonyl (C=O) groups is 1. The number of sulfonamides is 1. The molecule has 1 heterocycles. The van der Waals surface area contributed by atoms with Gasteiger partial charge in [0.2, 0.25) is 10.0 Å². The fraction of sp³-hybridized carbons (Fsp3) is 0.462. The average molecular weight is 314 g/mol. The Morgan fingerprint density at radius 3 is 2.38 bits per heavy atom. The summed E-state index contributed by atoms with van der Waals surface area (Å²) in [7, 11) is -3.52. The van der Waals surface area contributed by atoms with E-state index < -0.39 is 22.0 Å². The Morgan fingerprint density at radius 1 is 1.29 bits per heavy atom. The molecule has 21 heavy (non-hydrogen) atoms. The number of nitrogens with zero attached hydrogens (tertiary/aromatic N) is 1. The monoisotopic (exact) mass is 314 g/mol. The van der Waals surface area contributed by atoms with Gasteiger partial charge in [0.15, 0.2) is 6.10 Å². The molecule has 0 bridgehead atoms. The molecule has 0 unspecified atom stereocenters. The molecule has 1 aliphatic rings. The lowest BCUT2D eigenvalue weighted by Gasteiger charge is -2.26. The summed E-state index contributed by atoms with van der Waals surface area (Å²) in [6.45, 7) is 3.02. The third kappa shape index (κ3) is 3.72. The van der Waals surface area contributed by atoms with Gasteiger partial charge < -0.3 is 15.2 Å². The highest BCUT2D eigenvalue weighted by molar-refractivity contribution is 7.89. The van der Waals surface area contributed by atoms with Gasteiger partial charge in [0.05, 0.1) is 18.1 Å². The van der Waals surface area contributed by atoms with Gasteiger partial charge in [-0.2, -0.15) is 4.31 Å². The summed E-state index contributed by atoms with van der Waals surface area (Å²) in [5, 5.41) is 0. The molecule has 0 radical (unpaired) electrons. The van der Waals surface area contributed by atoms with Crippen molar-refractivity contribution in [2.45, 2.75) is 17.9 Å². The molecule has 1 fully saturated rings. The lowest BCUT2D eigenvalue weighted by atomic mass is 10.3. The zero-order chi connectivity index (χ0) is 15.5. The molecule has 7 nitrogen and oxygen atoms in total. The molecule has 1 aromatic rings.